The molecule has 0 aromatic heterocycles. The number of thioether (sulfide) groups is 1. The second-order valence-electron chi connectivity index (χ2n) is 5.99. The number of hydrogen-bond donors (Lipinski definition) is 1. The fourth-order valence-corrected chi connectivity index (χ4v) is 3.52. The predicted octanol–water partition coefficient (Wildman–Crippen LogP) is 3.94. The average molecular weight is 431 g/mol. The van der Waals surface area contributed by atoms with E-state index in [1.165, 1.54) is 13.0 Å². The van der Waals surface area contributed by atoms with Gasteiger partial charge in [-0.2, -0.15) is 0 Å². The van der Waals surface area contributed by atoms with E-state index in [0.717, 1.165) is 16.7 Å². The zero-order chi connectivity index (χ0) is 21.0. The van der Waals surface area contributed by atoms with E-state index in [-0.39, 0.29) is 4.91 Å². The molecule has 0 radical (unpaired) electrons. The van der Waals surface area contributed by atoms with Gasteiger partial charge in [-0.1, -0.05) is 29.8 Å². The molecular formula is C20H15ClN2O5S. The topological polar surface area (TPSA) is 92.8 Å². The zero-order valence-electron chi connectivity index (χ0n) is 15.2. The number of nitrogens with zero attached hydrogens (tertiary/aromatic N) is 1. The van der Waals surface area contributed by atoms with Gasteiger partial charge in [-0.15, -0.1) is 0 Å². The van der Waals surface area contributed by atoms with E-state index in [1.807, 2.05) is 0 Å². The van der Waals surface area contributed by atoms with Crippen molar-refractivity contribution in [2.45, 2.75) is 6.92 Å². The highest BCUT2D eigenvalue weighted by Gasteiger charge is 2.36. The lowest BCUT2D eigenvalue weighted by atomic mass is 10.2. The molecule has 1 N–H and O–H groups in total. The Morgan fingerprint density at radius 2 is 1.90 bits per heavy atom. The highest BCUT2D eigenvalue weighted by atomic mass is 35.5. The van der Waals surface area contributed by atoms with Gasteiger partial charge in [-0.3, -0.25) is 24.1 Å². The maximum Gasteiger partial charge on any atom is 0.308 e. The summed E-state index contributed by atoms with van der Waals surface area (Å²) in [5.41, 5.74) is 1.12. The molecular weight excluding hydrogens is 416 g/mol. The van der Waals surface area contributed by atoms with Gasteiger partial charge < -0.3 is 10.1 Å². The molecule has 3 rings (SSSR count). The summed E-state index contributed by atoms with van der Waals surface area (Å²) in [6.45, 7) is 0.895. The fraction of sp³-hybridized carbons (Fsp3) is 0.100. The minimum atomic E-state index is -0.551. The molecule has 1 heterocycles. The summed E-state index contributed by atoms with van der Waals surface area (Å²) >= 11 is 6.62. The predicted molar refractivity (Wildman–Crippen MR) is 111 cm³/mol. The van der Waals surface area contributed by atoms with Crippen LogP contribution in [0.15, 0.2) is 53.4 Å². The normalized spacial score (nSPS) is 15.0. The van der Waals surface area contributed by atoms with Crippen molar-refractivity contribution in [3.05, 3.63) is 64.0 Å². The Hall–Kier alpha value is -3.10. The summed E-state index contributed by atoms with van der Waals surface area (Å²) in [5, 5.41) is 2.52. The number of benzene rings is 2. The molecule has 2 aromatic rings. The lowest BCUT2D eigenvalue weighted by molar-refractivity contribution is -0.131. The molecule has 7 nitrogen and oxygen atoms in total. The van der Waals surface area contributed by atoms with Gasteiger partial charge in [0.25, 0.3) is 11.1 Å². The van der Waals surface area contributed by atoms with E-state index in [4.69, 9.17) is 16.3 Å². The van der Waals surface area contributed by atoms with Crippen LogP contribution < -0.4 is 10.1 Å². The first-order valence-corrected chi connectivity index (χ1v) is 9.60. The second-order valence-corrected chi connectivity index (χ2v) is 7.42. The van der Waals surface area contributed by atoms with Crippen LogP contribution in [-0.2, 0) is 14.4 Å². The first-order valence-electron chi connectivity index (χ1n) is 8.41. The van der Waals surface area contributed by atoms with Gasteiger partial charge in [-0.25, -0.2) is 0 Å². The number of halogens is 1. The molecule has 148 valence electrons. The van der Waals surface area contributed by atoms with Gasteiger partial charge in [0.1, 0.15) is 12.3 Å². The van der Waals surface area contributed by atoms with Crippen molar-refractivity contribution in [2.24, 2.45) is 0 Å². The van der Waals surface area contributed by atoms with Crippen LogP contribution in [-0.4, -0.2) is 34.5 Å². The van der Waals surface area contributed by atoms with Crippen molar-refractivity contribution in [1.82, 2.24) is 4.90 Å². The molecule has 0 spiro atoms. The summed E-state index contributed by atoms with van der Waals surface area (Å²) in [6.07, 6.45) is 1.54. The van der Waals surface area contributed by atoms with Crippen molar-refractivity contribution in [1.29, 1.82) is 0 Å². The van der Waals surface area contributed by atoms with Crippen molar-refractivity contribution < 1.29 is 23.9 Å². The van der Waals surface area contributed by atoms with Crippen LogP contribution in [0.4, 0.5) is 10.5 Å². The van der Waals surface area contributed by atoms with Crippen molar-refractivity contribution in [3.63, 3.8) is 0 Å². The van der Waals surface area contributed by atoms with Gasteiger partial charge in [-0.05, 0) is 53.7 Å². The number of ether oxygens (including phenoxy) is 1. The molecule has 0 saturated carbocycles. The Balaban J connectivity index is 1.66. The molecule has 29 heavy (non-hydrogen) atoms. The number of carbonyl (C=O) groups excluding carboxylic acids is 4. The van der Waals surface area contributed by atoms with E-state index in [2.05, 4.69) is 5.32 Å². The molecule has 1 aliphatic heterocycles. The molecule has 0 atom stereocenters. The number of hydrogen-bond acceptors (Lipinski definition) is 6. The van der Waals surface area contributed by atoms with Crippen LogP contribution in [0, 0.1) is 0 Å². The number of carbonyl (C=O) groups is 4. The highest BCUT2D eigenvalue weighted by molar-refractivity contribution is 8.18. The van der Waals surface area contributed by atoms with Gasteiger partial charge >= 0.3 is 5.97 Å². The molecule has 1 fully saturated rings. The third kappa shape index (κ3) is 5.46. The molecule has 3 amide bonds. The summed E-state index contributed by atoms with van der Waals surface area (Å²) in [4.78, 5) is 48.9. The number of anilines is 1. The fourth-order valence-electron chi connectivity index (χ4n) is 2.50. The van der Waals surface area contributed by atoms with Gasteiger partial charge in [0.2, 0.25) is 5.91 Å². The standard InChI is InChI=1S/C20H15ClN2O5S/c1-12(24)28-16-7-5-13(6-8-16)9-17-19(26)23(20(27)29-17)11-18(25)22-15-4-2-3-14(21)10-15/h2-10H,11H2,1H3,(H,22,25)/b17-9+. The molecule has 1 saturated heterocycles. The van der Waals surface area contributed by atoms with Crippen LogP contribution >= 0.6 is 23.4 Å². The molecule has 9 heteroatoms. The molecule has 0 aliphatic carbocycles. The Bertz CT molecular complexity index is 1020. The largest absolute Gasteiger partial charge is 0.427 e. The van der Waals surface area contributed by atoms with Crippen molar-refractivity contribution in [3.8, 4) is 5.75 Å². The Kier molecular flexibility index (Phi) is 6.36. The number of rotatable bonds is 5. The Labute approximate surface area is 175 Å². The monoisotopic (exact) mass is 430 g/mol. The SMILES string of the molecule is CC(=O)Oc1ccc(/C=C2/SC(=O)N(CC(=O)Nc3cccc(Cl)c3)C2=O)cc1. The van der Waals surface area contributed by atoms with Gasteiger partial charge in [0.15, 0.2) is 0 Å². The summed E-state index contributed by atoms with van der Waals surface area (Å²) < 4.78 is 4.95. The Morgan fingerprint density at radius 1 is 1.17 bits per heavy atom. The number of imide groups is 1. The van der Waals surface area contributed by atoms with Gasteiger partial charge in [0, 0.05) is 17.6 Å². The lowest BCUT2D eigenvalue weighted by Gasteiger charge is -2.12. The third-order valence-corrected chi connectivity index (χ3v) is 4.87. The number of amides is 3. The van der Waals surface area contributed by atoms with E-state index >= 15 is 0 Å². The summed E-state index contributed by atoms with van der Waals surface area (Å²) in [7, 11) is 0. The zero-order valence-corrected chi connectivity index (χ0v) is 16.8. The maximum atomic E-state index is 12.5. The van der Waals surface area contributed by atoms with Crippen LogP contribution in [0.5, 0.6) is 5.75 Å². The van der Waals surface area contributed by atoms with E-state index in [9.17, 15) is 19.2 Å². The Morgan fingerprint density at radius 3 is 2.55 bits per heavy atom. The van der Waals surface area contributed by atoms with E-state index in [1.54, 1.807) is 48.5 Å². The van der Waals surface area contributed by atoms with Crippen molar-refractivity contribution >= 4 is 58.1 Å². The number of esters is 1. The lowest BCUT2D eigenvalue weighted by Crippen LogP contribution is -2.36. The highest BCUT2D eigenvalue weighted by Crippen LogP contribution is 2.32. The molecule has 0 bridgehead atoms. The van der Waals surface area contributed by atoms with Crippen LogP contribution in [0.1, 0.15) is 12.5 Å². The minimum Gasteiger partial charge on any atom is -0.427 e. The van der Waals surface area contributed by atoms with Crippen molar-refractivity contribution in [2.75, 3.05) is 11.9 Å². The second kappa shape index (κ2) is 8.93. The first-order chi connectivity index (χ1) is 13.8. The van der Waals surface area contributed by atoms with E-state index in [0.29, 0.717) is 22.0 Å². The summed E-state index contributed by atoms with van der Waals surface area (Å²) in [6, 6.07) is 13.0. The first kappa shape index (κ1) is 20.6. The molecule has 0 unspecified atom stereocenters. The molecule has 2 aromatic carbocycles. The van der Waals surface area contributed by atoms with Gasteiger partial charge in [0.05, 0.1) is 4.91 Å². The van der Waals surface area contributed by atoms with Crippen LogP contribution in [0.3, 0.4) is 0 Å². The third-order valence-electron chi connectivity index (χ3n) is 3.72. The maximum absolute atomic E-state index is 12.5. The minimum absolute atomic E-state index is 0.200. The van der Waals surface area contributed by atoms with E-state index < -0.39 is 29.6 Å². The summed E-state index contributed by atoms with van der Waals surface area (Å²) in [5.74, 6) is -1.12. The molecule has 1 aliphatic rings. The van der Waals surface area contributed by atoms with Crippen LogP contribution in [0.25, 0.3) is 6.08 Å². The average Bonchev–Trinajstić information content (AvgIpc) is 2.90. The quantitative estimate of drug-likeness (QED) is 0.438. The number of nitrogens with one attached hydrogen (secondary N) is 1. The van der Waals surface area contributed by atoms with Crippen LogP contribution in [0.2, 0.25) is 5.02 Å². The smallest absolute Gasteiger partial charge is 0.308 e.